The highest BCUT2D eigenvalue weighted by Crippen LogP contribution is 2.32. The number of hydrogen-bond donors (Lipinski definition) is 1. The number of sulfone groups is 1. The van der Waals surface area contributed by atoms with Crippen LogP contribution in [-0.4, -0.2) is 50.7 Å². The topological polar surface area (TPSA) is 66.5 Å². The molecule has 0 unspecified atom stereocenters. The fraction of sp³-hybridized carbons (Fsp3) is 0.632. The van der Waals surface area contributed by atoms with Crippen LogP contribution in [0.2, 0.25) is 0 Å². The van der Waals surface area contributed by atoms with E-state index in [-0.39, 0.29) is 10.8 Å². The predicted octanol–water partition coefficient (Wildman–Crippen LogP) is 3.11. The van der Waals surface area contributed by atoms with Crippen LogP contribution in [0.4, 0.5) is 13.2 Å². The maximum absolute atomic E-state index is 12.9. The summed E-state index contributed by atoms with van der Waals surface area (Å²) in [6, 6.07) is 3.93. The van der Waals surface area contributed by atoms with Crippen LogP contribution in [0.1, 0.15) is 39.2 Å². The van der Waals surface area contributed by atoms with E-state index in [1.54, 1.807) is 0 Å². The first kappa shape index (κ1) is 22.7. The fourth-order valence-electron chi connectivity index (χ4n) is 3.08. The van der Waals surface area contributed by atoms with E-state index in [0.29, 0.717) is 45.1 Å². The normalized spacial score (nSPS) is 17.5. The minimum Gasteiger partial charge on any atom is -0.354 e. The molecule has 0 aliphatic carbocycles. The van der Waals surface area contributed by atoms with E-state index in [9.17, 15) is 26.4 Å². The third-order valence-corrected chi connectivity index (χ3v) is 7.12. The van der Waals surface area contributed by atoms with Gasteiger partial charge in [-0.3, -0.25) is 4.79 Å². The molecule has 1 heterocycles. The molecule has 0 bridgehead atoms. The summed E-state index contributed by atoms with van der Waals surface area (Å²) in [5, 5.41) is 2.15. The molecular formula is C19H27F3N2O3S. The van der Waals surface area contributed by atoms with Crippen molar-refractivity contribution in [2.75, 3.05) is 26.2 Å². The summed E-state index contributed by atoms with van der Waals surface area (Å²) in [6.07, 6.45) is -3.87. The van der Waals surface area contributed by atoms with Crippen LogP contribution in [0.3, 0.4) is 0 Å². The number of alkyl halides is 3. The third-order valence-electron chi connectivity index (χ3n) is 4.86. The molecule has 9 heteroatoms. The van der Waals surface area contributed by atoms with Crippen LogP contribution < -0.4 is 5.32 Å². The first-order chi connectivity index (χ1) is 12.8. The second-order valence-electron chi connectivity index (χ2n) is 8.12. The zero-order chi connectivity index (χ0) is 21.2. The van der Waals surface area contributed by atoms with Gasteiger partial charge in [0.05, 0.1) is 15.7 Å². The van der Waals surface area contributed by atoms with Gasteiger partial charge in [0.1, 0.15) is 0 Å². The minimum atomic E-state index is -4.58. The van der Waals surface area contributed by atoms with E-state index in [2.05, 4.69) is 10.2 Å². The van der Waals surface area contributed by atoms with Crippen LogP contribution in [0.25, 0.3) is 0 Å². The number of halogens is 3. The summed E-state index contributed by atoms with van der Waals surface area (Å²) in [7, 11) is -3.82. The Morgan fingerprint density at radius 1 is 1.18 bits per heavy atom. The number of carbonyl (C=O) groups is 1. The molecule has 5 nitrogen and oxygen atoms in total. The molecule has 0 spiro atoms. The molecule has 1 aliphatic rings. The molecule has 158 valence electrons. The lowest BCUT2D eigenvalue weighted by molar-refractivity contribution is -0.137. The Balaban J connectivity index is 1.93. The van der Waals surface area contributed by atoms with E-state index < -0.39 is 32.2 Å². The number of piperidine rings is 1. The summed E-state index contributed by atoms with van der Waals surface area (Å²) in [4.78, 5) is 13.6. The van der Waals surface area contributed by atoms with Gasteiger partial charge < -0.3 is 10.2 Å². The van der Waals surface area contributed by atoms with E-state index in [0.717, 1.165) is 12.1 Å². The molecule has 0 saturated carbocycles. The number of benzene rings is 1. The van der Waals surface area contributed by atoms with Crippen molar-refractivity contribution in [2.45, 2.75) is 49.9 Å². The molecule has 1 aromatic carbocycles. The van der Waals surface area contributed by atoms with Crippen molar-refractivity contribution in [3.05, 3.63) is 29.8 Å². The predicted molar refractivity (Wildman–Crippen MR) is 101 cm³/mol. The van der Waals surface area contributed by atoms with E-state index in [4.69, 9.17) is 0 Å². The van der Waals surface area contributed by atoms with Gasteiger partial charge in [0.15, 0.2) is 9.84 Å². The first-order valence-corrected chi connectivity index (χ1v) is 10.8. The highest BCUT2D eigenvalue weighted by atomic mass is 32.2. The molecule has 28 heavy (non-hydrogen) atoms. The average Bonchev–Trinajstić information content (AvgIpc) is 2.60. The van der Waals surface area contributed by atoms with Gasteiger partial charge in [-0.15, -0.1) is 0 Å². The lowest BCUT2D eigenvalue weighted by Crippen LogP contribution is -2.44. The number of nitrogens with one attached hydrogen (secondary N) is 1. The molecule has 0 aromatic heterocycles. The maximum atomic E-state index is 12.9. The molecule has 1 saturated heterocycles. The minimum absolute atomic E-state index is 0.0467. The van der Waals surface area contributed by atoms with Crippen molar-refractivity contribution in [3.63, 3.8) is 0 Å². The van der Waals surface area contributed by atoms with Crippen molar-refractivity contribution in [3.8, 4) is 0 Å². The SMILES string of the molecule is CC(C)(C)C(=O)NCCN1CCC(S(=O)(=O)c2cccc(C(F)(F)F)c2)CC1. The van der Waals surface area contributed by atoms with Crippen molar-refractivity contribution in [1.82, 2.24) is 10.2 Å². The average molecular weight is 420 g/mol. The van der Waals surface area contributed by atoms with Crippen LogP contribution >= 0.6 is 0 Å². The van der Waals surface area contributed by atoms with Crippen LogP contribution in [-0.2, 0) is 20.8 Å². The lowest BCUT2D eigenvalue weighted by Gasteiger charge is -2.32. The van der Waals surface area contributed by atoms with Gasteiger partial charge >= 0.3 is 6.18 Å². The smallest absolute Gasteiger partial charge is 0.354 e. The number of nitrogens with zero attached hydrogens (tertiary/aromatic N) is 1. The zero-order valence-corrected chi connectivity index (χ0v) is 17.2. The molecule has 1 amide bonds. The molecule has 0 atom stereocenters. The number of likely N-dealkylation sites (tertiary alicyclic amines) is 1. The van der Waals surface area contributed by atoms with Crippen molar-refractivity contribution >= 4 is 15.7 Å². The molecule has 1 fully saturated rings. The van der Waals surface area contributed by atoms with E-state index >= 15 is 0 Å². The maximum Gasteiger partial charge on any atom is 0.416 e. The second-order valence-corrected chi connectivity index (χ2v) is 10.3. The fourth-order valence-corrected chi connectivity index (χ4v) is 4.85. The Hall–Kier alpha value is -1.61. The van der Waals surface area contributed by atoms with Gasteiger partial charge in [0.25, 0.3) is 0 Å². The van der Waals surface area contributed by atoms with E-state index in [1.165, 1.54) is 6.07 Å². The molecule has 2 rings (SSSR count). The number of amides is 1. The van der Waals surface area contributed by atoms with Crippen LogP contribution in [0.5, 0.6) is 0 Å². The number of carbonyl (C=O) groups excluding carboxylic acids is 1. The largest absolute Gasteiger partial charge is 0.416 e. The Kier molecular flexibility index (Phi) is 6.81. The molecule has 0 radical (unpaired) electrons. The quantitative estimate of drug-likeness (QED) is 0.795. The zero-order valence-electron chi connectivity index (χ0n) is 16.3. The van der Waals surface area contributed by atoms with Crippen molar-refractivity contribution < 1.29 is 26.4 Å². The Labute approximate surface area is 164 Å². The summed E-state index contributed by atoms with van der Waals surface area (Å²) in [5.74, 6) is -0.0467. The highest BCUT2D eigenvalue weighted by Gasteiger charge is 2.35. The second kappa shape index (κ2) is 8.41. The first-order valence-electron chi connectivity index (χ1n) is 9.23. The van der Waals surface area contributed by atoms with Gasteiger partial charge in [-0.25, -0.2) is 8.42 Å². The standard InChI is InChI=1S/C19H27F3N2O3S/c1-18(2,3)17(25)23-9-12-24-10-7-15(8-11-24)28(26,27)16-6-4-5-14(13-16)19(20,21)22/h4-6,13,15H,7-12H2,1-3H3,(H,23,25). The molecule has 1 aromatic rings. The summed E-state index contributed by atoms with van der Waals surface area (Å²) < 4.78 is 64.1. The Morgan fingerprint density at radius 3 is 2.32 bits per heavy atom. The van der Waals surface area contributed by atoms with Gasteiger partial charge in [0, 0.05) is 18.5 Å². The van der Waals surface area contributed by atoms with Crippen LogP contribution in [0.15, 0.2) is 29.2 Å². The van der Waals surface area contributed by atoms with Gasteiger partial charge in [-0.2, -0.15) is 13.2 Å². The Bertz CT molecular complexity index is 793. The monoisotopic (exact) mass is 420 g/mol. The summed E-state index contributed by atoms with van der Waals surface area (Å²) in [6.45, 7) is 7.60. The van der Waals surface area contributed by atoms with Crippen LogP contribution in [0, 0.1) is 5.41 Å². The molecule has 1 N–H and O–H groups in total. The highest BCUT2D eigenvalue weighted by molar-refractivity contribution is 7.92. The number of hydrogen-bond acceptors (Lipinski definition) is 4. The summed E-state index contributed by atoms with van der Waals surface area (Å²) in [5.41, 5.74) is -1.42. The lowest BCUT2D eigenvalue weighted by atomic mass is 9.96. The summed E-state index contributed by atoms with van der Waals surface area (Å²) >= 11 is 0. The van der Waals surface area contributed by atoms with E-state index in [1.807, 2.05) is 20.8 Å². The van der Waals surface area contributed by atoms with Crippen molar-refractivity contribution in [2.24, 2.45) is 5.41 Å². The van der Waals surface area contributed by atoms with Gasteiger partial charge in [-0.1, -0.05) is 26.8 Å². The van der Waals surface area contributed by atoms with Gasteiger partial charge in [-0.05, 0) is 44.1 Å². The van der Waals surface area contributed by atoms with Crippen molar-refractivity contribution in [1.29, 1.82) is 0 Å². The third kappa shape index (κ3) is 5.70. The molecular weight excluding hydrogens is 393 g/mol. The number of rotatable bonds is 5. The molecule has 1 aliphatic heterocycles. The Morgan fingerprint density at radius 2 is 1.79 bits per heavy atom. The van der Waals surface area contributed by atoms with Gasteiger partial charge in [0.2, 0.25) is 5.91 Å².